The molecule has 1 fully saturated rings. The van der Waals surface area contributed by atoms with Crippen LogP contribution in [0.4, 0.5) is 0 Å². The highest BCUT2D eigenvalue weighted by molar-refractivity contribution is 6.29. The van der Waals surface area contributed by atoms with Gasteiger partial charge in [0, 0.05) is 18.5 Å². The molecule has 0 unspecified atom stereocenters. The van der Waals surface area contributed by atoms with E-state index < -0.39 is 18.2 Å². The van der Waals surface area contributed by atoms with Crippen molar-refractivity contribution in [2.75, 3.05) is 13.2 Å². The molecule has 2 aromatic rings. The SMILES string of the molecule is OC[C@@H]1[C@@H](O)[C@@H](O)CN1Cc1cccc2ccc(Cl)nc12. The standard InChI is InChI=1S/C15H17ClN2O3/c16-13-5-4-9-2-1-3-10(14(9)17-13)6-18-7-12(20)15(21)11(18)8-19/h1-5,11-12,15,19-21H,6-8H2/t11-,12+,15-/m1/s1. The van der Waals surface area contributed by atoms with Crippen molar-refractivity contribution < 1.29 is 15.3 Å². The first-order valence-corrected chi connectivity index (χ1v) is 7.23. The molecule has 6 heteroatoms. The Kier molecular flexibility index (Phi) is 4.10. The first kappa shape index (κ1) is 14.7. The number of pyridine rings is 1. The fraction of sp³-hybridized carbons (Fsp3) is 0.400. The van der Waals surface area contributed by atoms with Crippen LogP contribution in [0.3, 0.4) is 0 Å². The van der Waals surface area contributed by atoms with Gasteiger partial charge in [0.25, 0.3) is 0 Å². The van der Waals surface area contributed by atoms with Crippen molar-refractivity contribution >= 4 is 22.5 Å². The number of hydrogen-bond acceptors (Lipinski definition) is 5. The molecule has 1 aromatic heterocycles. The minimum absolute atomic E-state index is 0.197. The first-order valence-electron chi connectivity index (χ1n) is 6.85. The summed E-state index contributed by atoms with van der Waals surface area (Å²) in [4.78, 5) is 6.23. The number of benzene rings is 1. The van der Waals surface area contributed by atoms with Gasteiger partial charge in [-0.3, -0.25) is 4.90 Å². The molecule has 3 rings (SSSR count). The van der Waals surface area contributed by atoms with Crippen LogP contribution in [0.25, 0.3) is 10.9 Å². The molecule has 5 nitrogen and oxygen atoms in total. The predicted octanol–water partition coefficient (Wildman–Crippen LogP) is 0.786. The monoisotopic (exact) mass is 308 g/mol. The number of halogens is 1. The number of hydrogen-bond donors (Lipinski definition) is 3. The molecule has 1 aromatic carbocycles. The van der Waals surface area contributed by atoms with Crippen LogP contribution in [0, 0.1) is 0 Å². The third kappa shape index (κ3) is 2.75. The highest BCUT2D eigenvalue weighted by Gasteiger charge is 2.39. The average molecular weight is 309 g/mol. The van der Waals surface area contributed by atoms with Crippen molar-refractivity contribution in [1.29, 1.82) is 0 Å². The Hall–Kier alpha value is -1.24. The maximum Gasteiger partial charge on any atom is 0.129 e. The molecule has 1 aliphatic rings. The summed E-state index contributed by atoms with van der Waals surface area (Å²) in [5, 5.41) is 30.5. The molecule has 0 aliphatic carbocycles. The zero-order chi connectivity index (χ0) is 15.0. The van der Waals surface area contributed by atoms with Crippen LogP contribution < -0.4 is 0 Å². The van der Waals surface area contributed by atoms with Gasteiger partial charge >= 0.3 is 0 Å². The lowest BCUT2D eigenvalue weighted by molar-refractivity contribution is 0.0210. The van der Waals surface area contributed by atoms with Crippen molar-refractivity contribution in [2.24, 2.45) is 0 Å². The summed E-state index contributed by atoms with van der Waals surface area (Å²) in [6.07, 6.45) is -1.77. The van der Waals surface area contributed by atoms with Gasteiger partial charge in [-0.05, 0) is 17.7 Å². The van der Waals surface area contributed by atoms with Crippen molar-refractivity contribution in [3.8, 4) is 0 Å². The number of rotatable bonds is 3. The Balaban J connectivity index is 1.93. The molecule has 1 saturated heterocycles. The number of likely N-dealkylation sites (tertiary alicyclic amines) is 1. The maximum absolute atomic E-state index is 9.87. The van der Waals surface area contributed by atoms with Gasteiger partial charge in [0.2, 0.25) is 0 Å². The normalized spacial score (nSPS) is 26.6. The lowest BCUT2D eigenvalue weighted by Gasteiger charge is -2.24. The van der Waals surface area contributed by atoms with Gasteiger partial charge in [0.1, 0.15) is 5.15 Å². The van der Waals surface area contributed by atoms with Crippen LogP contribution in [0.5, 0.6) is 0 Å². The molecule has 112 valence electrons. The minimum Gasteiger partial charge on any atom is -0.395 e. The summed E-state index contributed by atoms with van der Waals surface area (Å²) in [7, 11) is 0. The Labute approximate surface area is 127 Å². The second kappa shape index (κ2) is 5.87. The van der Waals surface area contributed by atoms with E-state index in [1.807, 2.05) is 29.2 Å². The van der Waals surface area contributed by atoms with E-state index >= 15 is 0 Å². The lowest BCUT2D eigenvalue weighted by atomic mass is 10.1. The molecule has 0 saturated carbocycles. The van der Waals surface area contributed by atoms with E-state index in [0.717, 1.165) is 16.5 Å². The minimum atomic E-state index is -0.929. The van der Waals surface area contributed by atoms with Crippen LogP contribution in [0.2, 0.25) is 5.15 Å². The molecule has 0 spiro atoms. The van der Waals surface area contributed by atoms with Gasteiger partial charge in [-0.1, -0.05) is 29.8 Å². The second-order valence-electron chi connectivity index (χ2n) is 5.36. The van der Waals surface area contributed by atoms with Gasteiger partial charge in [0.05, 0.1) is 30.4 Å². The molecule has 3 atom stereocenters. The number of aliphatic hydroxyl groups is 3. The largest absolute Gasteiger partial charge is 0.395 e. The zero-order valence-corrected chi connectivity index (χ0v) is 12.1. The van der Waals surface area contributed by atoms with E-state index in [1.165, 1.54) is 0 Å². The topological polar surface area (TPSA) is 76.8 Å². The van der Waals surface area contributed by atoms with Crippen LogP contribution >= 0.6 is 11.6 Å². The van der Waals surface area contributed by atoms with Gasteiger partial charge in [-0.15, -0.1) is 0 Å². The molecular formula is C15H17ClN2O3. The van der Waals surface area contributed by atoms with Crippen LogP contribution in [-0.4, -0.2) is 56.6 Å². The lowest BCUT2D eigenvalue weighted by Crippen LogP contribution is -2.38. The fourth-order valence-corrected chi connectivity index (χ4v) is 3.04. The van der Waals surface area contributed by atoms with Crippen molar-refractivity contribution in [3.05, 3.63) is 41.0 Å². The molecule has 0 radical (unpaired) electrons. The molecule has 21 heavy (non-hydrogen) atoms. The van der Waals surface area contributed by atoms with Crippen LogP contribution in [0.1, 0.15) is 5.56 Å². The number of aromatic nitrogens is 1. The Morgan fingerprint density at radius 3 is 2.81 bits per heavy atom. The molecule has 3 N–H and O–H groups in total. The summed E-state index contributed by atoms with van der Waals surface area (Å²) in [6, 6.07) is 9.02. The predicted molar refractivity (Wildman–Crippen MR) is 80.1 cm³/mol. The van der Waals surface area contributed by atoms with E-state index in [2.05, 4.69) is 4.98 Å². The van der Waals surface area contributed by atoms with E-state index in [0.29, 0.717) is 18.2 Å². The first-order chi connectivity index (χ1) is 10.1. The van der Waals surface area contributed by atoms with Crippen LogP contribution in [-0.2, 0) is 6.54 Å². The zero-order valence-electron chi connectivity index (χ0n) is 11.4. The average Bonchev–Trinajstić information content (AvgIpc) is 2.74. The van der Waals surface area contributed by atoms with Crippen LogP contribution in [0.15, 0.2) is 30.3 Å². The van der Waals surface area contributed by atoms with E-state index in [1.54, 1.807) is 6.07 Å². The summed E-state index contributed by atoms with van der Waals surface area (Å²) < 4.78 is 0. The molecule has 1 aliphatic heterocycles. The number of fused-ring (bicyclic) bond motifs is 1. The van der Waals surface area contributed by atoms with Gasteiger partial charge in [-0.2, -0.15) is 0 Å². The van der Waals surface area contributed by atoms with Gasteiger partial charge in [-0.25, -0.2) is 4.98 Å². The third-order valence-electron chi connectivity index (χ3n) is 4.01. The third-order valence-corrected chi connectivity index (χ3v) is 4.22. The molecular weight excluding hydrogens is 292 g/mol. The van der Waals surface area contributed by atoms with E-state index in [4.69, 9.17) is 11.6 Å². The Bertz CT molecular complexity index is 652. The summed E-state index contributed by atoms with van der Waals surface area (Å²) in [5.41, 5.74) is 1.76. The van der Waals surface area contributed by atoms with Gasteiger partial charge < -0.3 is 15.3 Å². The van der Waals surface area contributed by atoms with Crippen molar-refractivity contribution in [3.63, 3.8) is 0 Å². The van der Waals surface area contributed by atoms with Gasteiger partial charge in [0.15, 0.2) is 0 Å². The number of nitrogens with zero attached hydrogens (tertiary/aromatic N) is 2. The quantitative estimate of drug-likeness (QED) is 0.731. The Morgan fingerprint density at radius 2 is 2.05 bits per heavy atom. The number of β-amino-alcohol motifs (C(OH)–C–C–N with tert-alkyl or cyclic N) is 1. The molecule has 2 heterocycles. The van der Waals surface area contributed by atoms with E-state index in [-0.39, 0.29) is 6.61 Å². The van der Waals surface area contributed by atoms with Crippen molar-refractivity contribution in [1.82, 2.24) is 9.88 Å². The molecule has 0 bridgehead atoms. The fourth-order valence-electron chi connectivity index (χ4n) is 2.89. The summed E-state index contributed by atoms with van der Waals surface area (Å²) in [6.45, 7) is 0.616. The smallest absolute Gasteiger partial charge is 0.129 e. The number of aliphatic hydroxyl groups excluding tert-OH is 3. The van der Waals surface area contributed by atoms with E-state index in [9.17, 15) is 15.3 Å². The highest BCUT2D eigenvalue weighted by atomic mass is 35.5. The maximum atomic E-state index is 9.87. The highest BCUT2D eigenvalue weighted by Crippen LogP contribution is 2.25. The molecule has 0 amide bonds. The summed E-state index contributed by atoms with van der Waals surface area (Å²) >= 11 is 5.96. The van der Waals surface area contributed by atoms with Crippen molar-refractivity contribution in [2.45, 2.75) is 24.8 Å². The number of para-hydroxylation sites is 1. The Morgan fingerprint density at radius 1 is 1.24 bits per heavy atom. The second-order valence-corrected chi connectivity index (χ2v) is 5.75. The summed E-state index contributed by atoms with van der Waals surface area (Å²) in [5.74, 6) is 0.